The van der Waals surface area contributed by atoms with Crippen LogP contribution < -0.4 is 0 Å². The van der Waals surface area contributed by atoms with Gasteiger partial charge in [-0.1, -0.05) is 121 Å². The third-order valence-corrected chi connectivity index (χ3v) is 5.34. The van der Waals surface area contributed by atoms with Crippen molar-refractivity contribution in [1.82, 2.24) is 4.98 Å². The third-order valence-electron chi connectivity index (χ3n) is 5.34. The van der Waals surface area contributed by atoms with Gasteiger partial charge in [-0.15, -0.1) is 0 Å². The van der Waals surface area contributed by atoms with E-state index in [1.54, 1.807) is 0 Å². The molecular weight excluding hydrogens is 418 g/mol. The standard InChI is InChI=1S/C29H21N.C2H4O2/c1-5-13-22(14-6-1)26-21-30-29(25-19-11-4-12-20-25)28(24-17-9-3-10-18-24)27(26)23-15-7-2-8-16-23;1-2(3)4/h1-21H;1H3,(H,3,4). The van der Waals surface area contributed by atoms with Crippen LogP contribution in [-0.4, -0.2) is 16.1 Å². The molecule has 0 fully saturated rings. The summed E-state index contributed by atoms with van der Waals surface area (Å²) in [5, 5.41) is 7.42. The summed E-state index contributed by atoms with van der Waals surface area (Å²) < 4.78 is 0. The van der Waals surface area contributed by atoms with Gasteiger partial charge in [0.1, 0.15) is 0 Å². The molecule has 5 rings (SSSR count). The Bertz CT molecular complexity index is 1240. The maximum atomic E-state index is 9.00. The monoisotopic (exact) mass is 443 g/mol. The van der Waals surface area contributed by atoms with Crippen LogP contribution >= 0.6 is 0 Å². The maximum absolute atomic E-state index is 9.00. The molecule has 3 heteroatoms. The van der Waals surface area contributed by atoms with Crippen LogP contribution in [-0.2, 0) is 4.79 Å². The van der Waals surface area contributed by atoms with Crippen molar-refractivity contribution in [3.05, 3.63) is 128 Å². The van der Waals surface area contributed by atoms with Gasteiger partial charge in [0.15, 0.2) is 0 Å². The third kappa shape index (κ3) is 5.28. The molecule has 0 saturated heterocycles. The van der Waals surface area contributed by atoms with Gasteiger partial charge in [0, 0.05) is 35.4 Å². The van der Waals surface area contributed by atoms with E-state index in [0.717, 1.165) is 29.3 Å². The fourth-order valence-corrected chi connectivity index (χ4v) is 3.95. The highest BCUT2D eigenvalue weighted by Crippen LogP contribution is 2.44. The number of rotatable bonds is 4. The van der Waals surface area contributed by atoms with E-state index in [1.165, 1.54) is 22.3 Å². The Morgan fingerprint density at radius 3 is 1.35 bits per heavy atom. The molecule has 4 aromatic carbocycles. The predicted octanol–water partition coefficient (Wildman–Crippen LogP) is 7.84. The molecule has 0 aliphatic rings. The molecule has 1 aromatic heterocycles. The summed E-state index contributed by atoms with van der Waals surface area (Å²) in [6.07, 6.45) is 2.02. The molecule has 0 atom stereocenters. The zero-order valence-corrected chi connectivity index (χ0v) is 18.9. The molecule has 0 spiro atoms. The Labute approximate surface area is 200 Å². The van der Waals surface area contributed by atoms with Gasteiger partial charge >= 0.3 is 0 Å². The summed E-state index contributed by atoms with van der Waals surface area (Å²) in [6, 6.07) is 42.2. The number of nitrogens with zero attached hydrogens (tertiary/aromatic N) is 1. The summed E-state index contributed by atoms with van der Waals surface area (Å²) >= 11 is 0. The van der Waals surface area contributed by atoms with E-state index in [0.29, 0.717) is 0 Å². The van der Waals surface area contributed by atoms with E-state index >= 15 is 0 Å². The molecule has 0 aliphatic carbocycles. The van der Waals surface area contributed by atoms with Crippen LogP contribution in [0.1, 0.15) is 6.92 Å². The number of hydrogen-bond donors (Lipinski definition) is 1. The second kappa shape index (κ2) is 10.9. The van der Waals surface area contributed by atoms with Crippen molar-refractivity contribution in [2.75, 3.05) is 0 Å². The Balaban J connectivity index is 0.000000636. The first kappa shape index (κ1) is 22.7. The molecule has 0 saturated carbocycles. The van der Waals surface area contributed by atoms with E-state index in [4.69, 9.17) is 14.9 Å². The molecular formula is C31H25NO2. The van der Waals surface area contributed by atoms with Crippen LogP contribution in [0.3, 0.4) is 0 Å². The van der Waals surface area contributed by atoms with Crippen LogP contribution in [0.5, 0.6) is 0 Å². The fraction of sp³-hybridized carbons (Fsp3) is 0.0323. The number of aliphatic carboxylic acids is 1. The first-order chi connectivity index (χ1) is 16.6. The van der Waals surface area contributed by atoms with Gasteiger partial charge in [-0.05, 0) is 16.7 Å². The lowest BCUT2D eigenvalue weighted by Crippen LogP contribution is -1.97. The van der Waals surface area contributed by atoms with E-state index in [9.17, 15) is 0 Å². The molecule has 0 radical (unpaired) electrons. The van der Waals surface area contributed by atoms with E-state index in [-0.39, 0.29) is 0 Å². The van der Waals surface area contributed by atoms with Gasteiger partial charge in [0.25, 0.3) is 5.97 Å². The highest BCUT2D eigenvalue weighted by molar-refractivity contribution is 5.99. The molecule has 166 valence electrons. The fourth-order valence-electron chi connectivity index (χ4n) is 3.95. The average molecular weight is 444 g/mol. The minimum Gasteiger partial charge on any atom is -0.481 e. The summed E-state index contributed by atoms with van der Waals surface area (Å²) in [6.45, 7) is 1.08. The van der Waals surface area contributed by atoms with Crippen molar-refractivity contribution in [3.8, 4) is 44.6 Å². The van der Waals surface area contributed by atoms with Gasteiger partial charge in [-0.25, -0.2) is 0 Å². The quantitative estimate of drug-likeness (QED) is 0.308. The second-order valence-corrected chi connectivity index (χ2v) is 7.75. The van der Waals surface area contributed by atoms with E-state index in [2.05, 4.69) is 115 Å². The molecule has 3 nitrogen and oxygen atoms in total. The van der Waals surface area contributed by atoms with Crippen molar-refractivity contribution in [3.63, 3.8) is 0 Å². The molecule has 0 amide bonds. The molecule has 0 unspecified atom stereocenters. The highest BCUT2D eigenvalue weighted by atomic mass is 16.4. The van der Waals surface area contributed by atoms with E-state index < -0.39 is 5.97 Å². The van der Waals surface area contributed by atoms with Crippen LogP contribution in [0.25, 0.3) is 44.6 Å². The topological polar surface area (TPSA) is 50.2 Å². The lowest BCUT2D eigenvalue weighted by Gasteiger charge is -2.19. The van der Waals surface area contributed by atoms with Gasteiger partial charge in [0.2, 0.25) is 0 Å². The Hall–Kier alpha value is -4.50. The lowest BCUT2D eigenvalue weighted by molar-refractivity contribution is -0.134. The van der Waals surface area contributed by atoms with Crippen molar-refractivity contribution >= 4 is 5.97 Å². The van der Waals surface area contributed by atoms with E-state index in [1.807, 2.05) is 12.3 Å². The Kier molecular flexibility index (Phi) is 7.26. The first-order valence-electron chi connectivity index (χ1n) is 11.1. The second-order valence-electron chi connectivity index (χ2n) is 7.75. The van der Waals surface area contributed by atoms with Crippen LogP contribution in [0.4, 0.5) is 0 Å². The molecule has 1 heterocycles. The van der Waals surface area contributed by atoms with Gasteiger partial charge in [-0.3, -0.25) is 9.78 Å². The number of pyridine rings is 1. The summed E-state index contributed by atoms with van der Waals surface area (Å²) in [5.41, 5.74) is 9.15. The van der Waals surface area contributed by atoms with Crippen molar-refractivity contribution < 1.29 is 9.90 Å². The molecule has 1 N–H and O–H groups in total. The Morgan fingerprint density at radius 1 is 0.559 bits per heavy atom. The van der Waals surface area contributed by atoms with Crippen LogP contribution in [0.2, 0.25) is 0 Å². The van der Waals surface area contributed by atoms with Gasteiger partial charge in [-0.2, -0.15) is 0 Å². The predicted molar refractivity (Wildman–Crippen MR) is 139 cm³/mol. The number of carboxylic acid groups (broad SMARTS) is 1. The number of aromatic nitrogens is 1. The zero-order valence-electron chi connectivity index (χ0n) is 18.9. The smallest absolute Gasteiger partial charge is 0.300 e. The first-order valence-corrected chi connectivity index (χ1v) is 11.1. The average Bonchev–Trinajstić information content (AvgIpc) is 2.89. The van der Waals surface area contributed by atoms with Gasteiger partial charge < -0.3 is 5.11 Å². The molecule has 5 aromatic rings. The molecule has 0 bridgehead atoms. The highest BCUT2D eigenvalue weighted by Gasteiger charge is 2.19. The Morgan fingerprint density at radius 2 is 0.912 bits per heavy atom. The number of hydrogen-bond acceptors (Lipinski definition) is 2. The van der Waals surface area contributed by atoms with Crippen molar-refractivity contribution in [2.45, 2.75) is 6.92 Å². The van der Waals surface area contributed by atoms with Crippen molar-refractivity contribution in [1.29, 1.82) is 0 Å². The molecule has 34 heavy (non-hydrogen) atoms. The lowest BCUT2D eigenvalue weighted by atomic mass is 9.86. The number of carboxylic acids is 1. The summed E-state index contributed by atoms with van der Waals surface area (Å²) in [5.74, 6) is -0.833. The van der Waals surface area contributed by atoms with Crippen LogP contribution in [0.15, 0.2) is 128 Å². The number of benzene rings is 4. The maximum Gasteiger partial charge on any atom is 0.300 e. The number of carbonyl (C=O) groups is 1. The minimum atomic E-state index is -0.833. The van der Waals surface area contributed by atoms with Crippen LogP contribution in [0, 0.1) is 0 Å². The van der Waals surface area contributed by atoms with Gasteiger partial charge in [0.05, 0.1) is 5.69 Å². The minimum absolute atomic E-state index is 0.833. The summed E-state index contributed by atoms with van der Waals surface area (Å²) in [7, 11) is 0. The zero-order chi connectivity index (χ0) is 23.8. The molecule has 0 aliphatic heterocycles. The normalized spacial score (nSPS) is 10.1. The van der Waals surface area contributed by atoms with Crippen molar-refractivity contribution in [2.24, 2.45) is 0 Å². The SMILES string of the molecule is CC(=O)O.c1ccc(-c2cnc(-c3ccccc3)c(-c3ccccc3)c2-c2ccccc2)cc1. The summed E-state index contributed by atoms with van der Waals surface area (Å²) in [4.78, 5) is 14.0. The largest absolute Gasteiger partial charge is 0.481 e.